The van der Waals surface area contributed by atoms with Crippen LogP contribution in [0.4, 0.5) is 0 Å². The highest BCUT2D eigenvalue weighted by Crippen LogP contribution is 2.22. The average Bonchev–Trinajstić information content (AvgIpc) is 2.15. The highest BCUT2D eigenvalue weighted by Gasteiger charge is 1.96. The van der Waals surface area contributed by atoms with Crippen molar-refractivity contribution in [2.75, 3.05) is 6.61 Å². The molecule has 0 atom stereocenters. The summed E-state index contributed by atoms with van der Waals surface area (Å²) in [7, 11) is 0. The van der Waals surface area contributed by atoms with Gasteiger partial charge in [-0.3, -0.25) is 0 Å². The molecule has 0 heterocycles. The lowest BCUT2D eigenvalue weighted by Crippen LogP contribution is -1.79. The SMILES string of the molecule is OCCCC=Cc1ccc(Cl)cc1Cl. The molecule has 1 aromatic rings. The van der Waals surface area contributed by atoms with Crippen LogP contribution in [0.15, 0.2) is 24.3 Å². The van der Waals surface area contributed by atoms with Crippen molar-refractivity contribution in [2.24, 2.45) is 0 Å². The summed E-state index contributed by atoms with van der Waals surface area (Å²) in [6.07, 6.45) is 5.57. The molecule has 0 amide bonds. The number of rotatable bonds is 4. The van der Waals surface area contributed by atoms with E-state index in [4.69, 9.17) is 28.3 Å². The fourth-order valence-corrected chi connectivity index (χ4v) is 1.53. The van der Waals surface area contributed by atoms with Gasteiger partial charge < -0.3 is 5.11 Å². The Bertz CT molecular complexity index is 321. The summed E-state index contributed by atoms with van der Waals surface area (Å²) in [5, 5.41) is 9.87. The molecule has 3 heteroatoms. The molecule has 0 saturated carbocycles. The van der Waals surface area contributed by atoms with E-state index in [2.05, 4.69) is 0 Å². The Labute approximate surface area is 94.0 Å². The zero-order valence-corrected chi connectivity index (χ0v) is 9.22. The van der Waals surface area contributed by atoms with Gasteiger partial charge >= 0.3 is 0 Å². The van der Waals surface area contributed by atoms with Gasteiger partial charge in [-0.2, -0.15) is 0 Å². The van der Waals surface area contributed by atoms with Crippen LogP contribution in [0.3, 0.4) is 0 Å². The minimum atomic E-state index is 0.221. The second kappa shape index (κ2) is 6.07. The number of halogens is 2. The first-order valence-corrected chi connectivity index (χ1v) is 5.22. The molecule has 0 spiro atoms. The van der Waals surface area contributed by atoms with Crippen LogP contribution in [-0.2, 0) is 0 Å². The highest BCUT2D eigenvalue weighted by molar-refractivity contribution is 6.35. The molecule has 0 aliphatic rings. The van der Waals surface area contributed by atoms with Crippen molar-refractivity contribution in [1.29, 1.82) is 0 Å². The molecule has 1 rings (SSSR count). The van der Waals surface area contributed by atoms with Crippen LogP contribution in [0.2, 0.25) is 10.0 Å². The van der Waals surface area contributed by atoms with E-state index in [0.717, 1.165) is 18.4 Å². The van der Waals surface area contributed by atoms with E-state index in [1.807, 2.05) is 18.2 Å². The lowest BCUT2D eigenvalue weighted by molar-refractivity contribution is 0.290. The molecule has 14 heavy (non-hydrogen) atoms. The zero-order chi connectivity index (χ0) is 10.4. The molecule has 0 bridgehead atoms. The maximum absolute atomic E-state index is 8.58. The van der Waals surface area contributed by atoms with Crippen molar-refractivity contribution < 1.29 is 5.11 Å². The summed E-state index contributed by atoms with van der Waals surface area (Å²) in [6, 6.07) is 5.40. The summed E-state index contributed by atoms with van der Waals surface area (Å²) >= 11 is 11.7. The maximum Gasteiger partial charge on any atom is 0.0493 e. The standard InChI is InChI=1S/C11H12Cl2O/c12-10-6-5-9(11(13)8-10)4-2-1-3-7-14/h2,4-6,8,14H,1,3,7H2. The Balaban J connectivity index is 2.62. The maximum atomic E-state index is 8.58. The molecule has 0 radical (unpaired) electrons. The minimum Gasteiger partial charge on any atom is -0.396 e. The zero-order valence-electron chi connectivity index (χ0n) is 7.71. The van der Waals surface area contributed by atoms with Crippen molar-refractivity contribution in [3.05, 3.63) is 39.9 Å². The molecule has 1 nitrogen and oxygen atoms in total. The fourth-order valence-electron chi connectivity index (χ4n) is 1.06. The predicted molar refractivity (Wildman–Crippen MR) is 61.8 cm³/mol. The third-order valence-corrected chi connectivity index (χ3v) is 2.35. The van der Waals surface area contributed by atoms with E-state index in [9.17, 15) is 0 Å². The summed E-state index contributed by atoms with van der Waals surface area (Å²) in [5.74, 6) is 0. The number of aliphatic hydroxyl groups excluding tert-OH is 1. The van der Waals surface area contributed by atoms with Crippen LogP contribution in [0.1, 0.15) is 18.4 Å². The largest absolute Gasteiger partial charge is 0.396 e. The number of benzene rings is 1. The molecule has 0 saturated heterocycles. The topological polar surface area (TPSA) is 20.2 Å². The Morgan fingerprint density at radius 1 is 1.29 bits per heavy atom. The molecule has 1 aromatic carbocycles. The lowest BCUT2D eigenvalue weighted by Gasteiger charge is -1.98. The first-order valence-electron chi connectivity index (χ1n) is 4.46. The van der Waals surface area contributed by atoms with E-state index in [1.165, 1.54) is 0 Å². The summed E-state index contributed by atoms with van der Waals surface area (Å²) < 4.78 is 0. The van der Waals surface area contributed by atoms with E-state index < -0.39 is 0 Å². The Morgan fingerprint density at radius 2 is 2.07 bits per heavy atom. The molecule has 1 N–H and O–H groups in total. The second-order valence-corrected chi connectivity index (χ2v) is 3.78. The van der Waals surface area contributed by atoms with Crippen LogP contribution < -0.4 is 0 Å². The lowest BCUT2D eigenvalue weighted by atomic mass is 10.2. The van der Waals surface area contributed by atoms with Crippen molar-refractivity contribution in [3.8, 4) is 0 Å². The third kappa shape index (κ3) is 3.70. The first kappa shape index (κ1) is 11.6. The van der Waals surface area contributed by atoms with Crippen LogP contribution in [0.5, 0.6) is 0 Å². The van der Waals surface area contributed by atoms with Crippen LogP contribution in [0, 0.1) is 0 Å². The summed E-state index contributed by atoms with van der Waals surface area (Å²) in [4.78, 5) is 0. The molecular formula is C11H12Cl2O. The second-order valence-electron chi connectivity index (χ2n) is 2.93. The number of unbranched alkanes of at least 4 members (excludes halogenated alkanes) is 1. The predicted octanol–water partition coefficient (Wildman–Crippen LogP) is 3.78. The van der Waals surface area contributed by atoms with E-state index in [1.54, 1.807) is 12.1 Å². The van der Waals surface area contributed by atoms with Crippen LogP contribution >= 0.6 is 23.2 Å². The van der Waals surface area contributed by atoms with Gasteiger partial charge in [0.2, 0.25) is 0 Å². The number of aliphatic hydroxyl groups is 1. The Morgan fingerprint density at radius 3 is 2.71 bits per heavy atom. The molecule has 0 aromatic heterocycles. The fraction of sp³-hybridized carbons (Fsp3) is 0.273. The molecule has 0 unspecified atom stereocenters. The van der Waals surface area contributed by atoms with Crippen molar-refractivity contribution in [3.63, 3.8) is 0 Å². The van der Waals surface area contributed by atoms with Gasteiger partial charge in [-0.15, -0.1) is 0 Å². The van der Waals surface area contributed by atoms with E-state index in [0.29, 0.717) is 10.0 Å². The minimum absolute atomic E-state index is 0.221. The highest BCUT2D eigenvalue weighted by atomic mass is 35.5. The molecule has 0 aliphatic heterocycles. The smallest absolute Gasteiger partial charge is 0.0493 e. The quantitative estimate of drug-likeness (QED) is 0.782. The van der Waals surface area contributed by atoms with Gasteiger partial charge in [0.05, 0.1) is 0 Å². The van der Waals surface area contributed by atoms with Gasteiger partial charge in [0.15, 0.2) is 0 Å². The molecule has 0 aliphatic carbocycles. The monoisotopic (exact) mass is 230 g/mol. The van der Waals surface area contributed by atoms with Gasteiger partial charge in [0.25, 0.3) is 0 Å². The van der Waals surface area contributed by atoms with Gasteiger partial charge in [0.1, 0.15) is 0 Å². The number of hydrogen-bond donors (Lipinski definition) is 1. The van der Waals surface area contributed by atoms with Crippen molar-refractivity contribution in [2.45, 2.75) is 12.8 Å². The Kier molecular flexibility index (Phi) is 5.02. The third-order valence-electron chi connectivity index (χ3n) is 1.79. The summed E-state index contributed by atoms with van der Waals surface area (Å²) in [5.41, 5.74) is 0.953. The Hall–Kier alpha value is -0.500. The van der Waals surface area contributed by atoms with Gasteiger partial charge in [0, 0.05) is 16.7 Å². The number of allylic oxidation sites excluding steroid dienone is 1. The molecular weight excluding hydrogens is 219 g/mol. The van der Waals surface area contributed by atoms with E-state index >= 15 is 0 Å². The average molecular weight is 231 g/mol. The normalized spacial score (nSPS) is 11.1. The van der Waals surface area contributed by atoms with Gasteiger partial charge in [-0.25, -0.2) is 0 Å². The van der Waals surface area contributed by atoms with Crippen LogP contribution in [-0.4, -0.2) is 11.7 Å². The molecule has 76 valence electrons. The van der Waals surface area contributed by atoms with Gasteiger partial charge in [-0.1, -0.05) is 41.4 Å². The van der Waals surface area contributed by atoms with Crippen molar-refractivity contribution in [1.82, 2.24) is 0 Å². The van der Waals surface area contributed by atoms with Gasteiger partial charge in [-0.05, 0) is 30.5 Å². The number of hydrogen-bond acceptors (Lipinski definition) is 1. The molecule has 0 fully saturated rings. The van der Waals surface area contributed by atoms with Crippen molar-refractivity contribution >= 4 is 29.3 Å². The van der Waals surface area contributed by atoms with E-state index in [-0.39, 0.29) is 6.61 Å². The first-order chi connectivity index (χ1) is 6.74. The summed E-state index contributed by atoms with van der Waals surface area (Å²) in [6.45, 7) is 0.221. The van der Waals surface area contributed by atoms with Crippen LogP contribution in [0.25, 0.3) is 6.08 Å².